The molecule has 4 heteroatoms. The number of hydrogen-bond acceptors (Lipinski definition) is 3. The minimum Gasteiger partial charge on any atom is -0.496 e. The molecule has 2 aromatic carbocycles. The quantitative estimate of drug-likeness (QED) is 0.892. The van der Waals surface area contributed by atoms with Gasteiger partial charge in [0, 0.05) is 13.0 Å². The molecule has 1 aliphatic heterocycles. The van der Waals surface area contributed by atoms with Crippen molar-refractivity contribution < 1.29 is 14.3 Å². The number of amides is 1. The molecule has 23 heavy (non-hydrogen) atoms. The average molecular weight is 311 g/mol. The van der Waals surface area contributed by atoms with E-state index in [1.165, 1.54) is 5.56 Å². The topological polar surface area (TPSA) is 47.6 Å². The first-order valence-corrected chi connectivity index (χ1v) is 7.89. The van der Waals surface area contributed by atoms with Crippen molar-refractivity contribution in [3.8, 4) is 11.5 Å². The Bertz CT molecular complexity index is 697. The van der Waals surface area contributed by atoms with Gasteiger partial charge in [-0.15, -0.1) is 0 Å². The minimum absolute atomic E-state index is 0.0405. The Morgan fingerprint density at radius 2 is 2.13 bits per heavy atom. The van der Waals surface area contributed by atoms with Crippen LogP contribution >= 0.6 is 0 Å². The van der Waals surface area contributed by atoms with E-state index in [4.69, 9.17) is 9.47 Å². The second-order valence-electron chi connectivity index (χ2n) is 5.63. The zero-order valence-corrected chi connectivity index (χ0v) is 13.3. The number of carbonyl (C=O) groups excluding carboxylic acids is 1. The maximum atomic E-state index is 12.1. The molecule has 4 nitrogen and oxygen atoms in total. The van der Waals surface area contributed by atoms with Crippen molar-refractivity contribution in [3.63, 3.8) is 0 Å². The number of ether oxygens (including phenoxy) is 2. The van der Waals surface area contributed by atoms with Crippen LogP contribution in [-0.2, 0) is 24.1 Å². The highest BCUT2D eigenvalue weighted by Crippen LogP contribution is 2.26. The molecule has 0 unspecified atom stereocenters. The average Bonchev–Trinajstić information content (AvgIpc) is 3.03. The molecule has 0 aromatic heterocycles. The monoisotopic (exact) mass is 311 g/mol. The van der Waals surface area contributed by atoms with E-state index < -0.39 is 0 Å². The van der Waals surface area contributed by atoms with Crippen LogP contribution in [0.3, 0.4) is 0 Å². The van der Waals surface area contributed by atoms with Gasteiger partial charge >= 0.3 is 0 Å². The Kier molecular flexibility index (Phi) is 4.81. The molecule has 1 aliphatic rings. The second kappa shape index (κ2) is 7.18. The summed E-state index contributed by atoms with van der Waals surface area (Å²) in [7, 11) is 1.66. The summed E-state index contributed by atoms with van der Waals surface area (Å²) in [5.74, 6) is 1.85. The molecule has 2 aromatic rings. The van der Waals surface area contributed by atoms with Crippen LogP contribution in [0.15, 0.2) is 42.5 Å². The minimum atomic E-state index is 0.0405. The summed E-state index contributed by atoms with van der Waals surface area (Å²) >= 11 is 0. The van der Waals surface area contributed by atoms with Crippen molar-refractivity contribution >= 4 is 5.91 Å². The van der Waals surface area contributed by atoms with E-state index in [2.05, 4.69) is 11.4 Å². The van der Waals surface area contributed by atoms with Crippen LogP contribution in [-0.4, -0.2) is 26.2 Å². The number of nitrogens with one attached hydrogen (secondary N) is 1. The lowest BCUT2D eigenvalue weighted by molar-refractivity contribution is -0.120. The van der Waals surface area contributed by atoms with E-state index in [-0.39, 0.29) is 5.91 Å². The first-order valence-electron chi connectivity index (χ1n) is 7.89. The molecule has 0 radical (unpaired) electrons. The van der Waals surface area contributed by atoms with E-state index in [0.717, 1.165) is 42.1 Å². The zero-order chi connectivity index (χ0) is 16.1. The predicted octanol–water partition coefficient (Wildman–Crippen LogP) is 2.53. The third-order valence-corrected chi connectivity index (χ3v) is 4.03. The lowest BCUT2D eigenvalue weighted by Gasteiger charge is -2.09. The highest BCUT2D eigenvalue weighted by molar-refractivity contribution is 5.78. The lowest BCUT2D eigenvalue weighted by Crippen LogP contribution is -2.27. The Labute approximate surface area is 136 Å². The van der Waals surface area contributed by atoms with Crippen LogP contribution in [0, 0.1) is 0 Å². The molecule has 3 rings (SSSR count). The van der Waals surface area contributed by atoms with Gasteiger partial charge in [0.25, 0.3) is 0 Å². The number of para-hydroxylation sites is 1. The van der Waals surface area contributed by atoms with Crippen LogP contribution in [0.1, 0.15) is 16.7 Å². The lowest BCUT2D eigenvalue weighted by atomic mass is 10.1. The highest BCUT2D eigenvalue weighted by Gasteiger charge is 2.13. The van der Waals surface area contributed by atoms with Gasteiger partial charge in [0.15, 0.2) is 0 Å². The third-order valence-electron chi connectivity index (χ3n) is 4.03. The number of methoxy groups -OCH3 is 1. The summed E-state index contributed by atoms with van der Waals surface area (Å²) in [5.41, 5.74) is 3.33. The van der Waals surface area contributed by atoms with Gasteiger partial charge in [-0.1, -0.05) is 30.3 Å². The van der Waals surface area contributed by atoms with Crippen LogP contribution < -0.4 is 14.8 Å². The molecule has 0 fully saturated rings. The molecular formula is C19H21NO3. The maximum absolute atomic E-state index is 12.1. The molecule has 1 N–H and O–H groups in total. The molecule has 1 heterocycles. The molecule has 0 bridgehead atoms. The normalized spacial score (nSPS) is 12.4. The highest BCUT2D eigenvalue weighted by atomic mass is 16.5. The number of hydrogen-bond donors (Lipinski definition) is 1. The molecule has 120 valence electrons. The summed E-state index contributed by atoms with van der Waals surface area (Å²) in [5, 5.41) is 2.97. The number of fused-ring (bicyclic) bond motifs is 1. The first kappa shape index (κ1) is 15.4. The fraction of sp³-hybridized carbons (Fsp3) is 0.316. The Balaban J connectivity index is 1.50. The summed E-state index contributed by atoms with van der Waals surface area (Å²) < 4.78 is 10.8. The van der Waals surface area contributed by atoms with Gasteiger partial charge in [-0.2, -0.15) is 0 Å². The van der Waals surface area contributed by atoms with Gasteiger partial charge in [-0.05, 0) is 35.2 Å². The van der Waals surface area contributed by atoms with Crippen molar-refractivity contribution in [1.82, 2.24) is 5.32 Å². The van der Waals surface area contributed by atoms with Crippen LogP contribution in [0.5, 0.6) is 11.5 Å². The molecular weight excluding hydrogens is 290 g/mol. The van der Waals surface area contributed by atoms with Gasteiger partial charge in [-0.25, -0.2) is 0 Å². The fourth-order valence-electron chi connectivity index (χ4n) is 2.84. The summed E-state index contributed by atoms with van der Waals surface area (Å²) in [6, 6.07) is 13.9. The van der Waals surface area contributed by atoms with Crippen molar-refractivity contribution in [3.05, 3.63) is 59.2 Å². The van der Waals surface area contributed by atoms with Crippen LogP contribution in [0.25, 0.3) is 0 Å². The maximum Gasteiger partial charge on any atom is 0.224 e. The first-order chi connectivity index (χ1) is 11.3. The second-order valence-corrected chi connectivity index (χ2v) is 5.63. The van der Waals surface area contributed by atoms with E-state index >= 15 is 0 Å². The van der Waals surface area contributed by atoms with Crippen LogP contribution in [0.4, 0.5) is 0 Å². The van der Waals surface area contributed by atoms with Gasteiger partial charge in [0.1, 0.15) is 11.5 Å². The van der Waals surface area contributed by atoms with Crippen molar-refractivity contribution in [2.75, 3.05) is 20.3 Å². The van der Waals surface area contributed by atoms with E-state index in [0.29, 0.717) is 13.0 Å². The Morgan fingerprint density at radius 3 is 3.00 bits per heavy atom. The largest absolute Gasteiger partial charge is 0.496 e. The van der Waals surface area contributed by atoms with Crippen molar-refractivity contribution in [2.45, 2.75) is 19.3 Å². The zero-order valence-electron chi connectivity index (χ0n) is 13.3. The summed E-state index contributed by atoms with van der Waals surface area (Å²) in [4.78, 5) is 12.1. The van der Waals surface area contributed by atoms with Gasteiger partial charge < -0.3 is 14.8 Å². The fourth-order valence-corrected chi connectivity index (χ4v) is 2.84. The van der Waals surface area contributed by atoms with Gasteiger partial charge in [0.05, 0.1) is 20.1 Å². The third kappa shape index (κ3) is 3.83. The van der Waals surface area contributed by atoms with Crippen LogP contribution in [0.2, 0.25) is 0 Å². The van der Waals surface area contributed by atoms with E-state index in [1.807, 2.05) is 36.4 Å². The van der Waals surface area contributed by atoms with Gasteiger partial charge in [0.2, 0.25) is 5.91 Å². The number of rotatable bonds is 6. The predicted molar refractivity (Wildman–Crippen MR) is 89.1 cm³/mol. The van der Waals surface area contributed by atoms with E-state index in [1.54, 1.807) is 7.11 Å². The number of carbonyl (C=O) groups is 1. The SMILES string of the molecule is COc1ccccc1CCNC(=O)Cc1ccc2c(c1)CCO2. The molecule has 0 saturated heterocycles. The Morgan fingerprint density at radius 1 is 1.26 bits per heavy atom. The Hall–Kier alpha value is -2.49. The smallest absolute Gasteiger partial charge is 0.224 e. The summed E-state index contributed by atoms with van der Waals surface area (Å²) in [6.45, 7) is 1.34. The molecule has 1 amide bonds. The molecule has 0 aliphatic carbocycles. The van der Waals surface area contributed by atoms with Crippen molar-refractivity contribution in [2.24, 2.45) is 0 Å². The molecule has 0 spiro atoms. The van der Waals surface area contributed by atoms with Crippen molar-refractivity contribution in [1.29, 1.82) is 0 Å². The summed E-state index contributed by atoms with van der Waals surface area (Å²) in [6.07, 6.45) is 2.09. The molecule has 0 saturated carbocycles. The molecule has 0 atom stereocenters. The number of benzene rings is 2. The standard InChI is InChI=1S/C19H21NO3/c1-22-17-5-3-2-4-15(17)8-10-20-19(21)13-14-6-7-18-16(12-14)9-11-23-18/h2-7,12H,8-11,13H2,1H3,(H,20,21). The van der Waals surface area contributed by atoms with Gasteiger partial charge in [-0.3, -0.25) is 4.79 Å². The van der Waals surface area contributed by atoms with E-state index in [9.17, 15) is 4.79 Å².